The van der Waals surface area contributed by atoms with Crippen molar-refractivity contribution in [2.75, 3.05) is 14.2 Å². The number of hydrogen-bond donors (Lipinski definition) is 1. The van der Waals surface area contributed by atoms with Crippen LogP contribution in [0.3, 0.4) is 0 Å². The normalized spacial score (nSPS) is 10.7. The number of methoxy groups -OCH3 is 1. The fourth-order valence-corrected chi connectivity index (χ4v) is 3.20. The Hall–Kier alpha value is -3.35. The number of nitrogens with one attached hydrogen (secondary N) is 1. The van der Waals surface area contributed by atoms with Gasteiger partial charge in [0.15, 0.2) is 11.6 Å². The fraction of sp³-hybridized carbons (Fsp3) is 0.273. The highest BCUT2D eigenvalue weighted by molar-refractivity contribution is 5.74. The number of urea groups is 1. The SMILES string of the molecule is COc1ccc(CN(C)C(=O)NCc2c(C)nn(-c3ccccc3)c2C)cc1F. The summed E-state index contributed by atoms with van der Waals surface area (Å²) in [4.78, 5) is 14.0. The largest absolute Gasteiger partial charge is 0.494 e. The Bertz CT molecular complexity index is 1000. The number of hydrogen-bond acceptors (Lipinski definition) is 3. The lowest BCUT2D eigenvalue weighted by Crippen LogP contribution is -2.36. The van der Waals surface area contributed by atoms with Crippen molar-refractivity contribution >= 4 is 6.03 Å². The van der Waals surface area contributed by atoms with Gasteiger partial charge in [-0.2, -0.15) is 5.10 Å². The molecule has 2 amide bonds. The molecular weight excluding hydrogens is 371 g/mol. The Kier molecular flexibility index (Phi) is 6.16. The van der Waals surface area contributed by atoms with Gasteiger partial charge in [-0.25, -0.2) is 13.9 Å². The van der Waals surface area contributed by atoms with E-state index in [4.69, 9.17) is 4.74 Å². The van der Waals surface area contributed by atoms with Gasteiger partial charge in [0, 0.05) is 31.4 Å². The van der Waals surface area contributed by atoms with Crippen molar-refractivity contribution < 1.29 is 13.9 Å². The molecule has 1 N–H and O–H groups in total. The van der Waals surface area contributed by atoms with Crippen LogP contribution in [0, 0.1) is 19.7 Å². The highest BCUT2D eigenvalue weighted by Gasteiger charge is 2.15. The fourth-order valence-electron chi connectivity index (χ4n) is 3.20. The molecule has 0 saturated heterocycles. The molecule has 0 aliphatic carbocycles. The molecule has 29 heavy (non-hydrogen) atoms. The van der Waals surface area contributed by atoms with Crippen LogP contribution < -0.4 is 10.1 Å². The zero-order chi connectivity index (χ0) is 21.0. The van der Waals surface area contributed by atoms with Gasteiger partial charge in [-0.1, -0.05) is 24.3 Å². The predicted octanol–water partition coefficient (Wildman–Crippen LogP) is 3.98. The van der Waals surface area contributed by atoms with Crippen LogP contribution in [0.2, 0.25) is 0 Å². The van der Waals surface area contributed by atoms with Crippen LogP contribution in [-0.4, -0.2) is 34.9 Å². The third-order valence-corrected chi connectivity index (χ3v) is 4.84. The molecule has 7 heteroatoms. The topological polar surface area (TPSA) is 59.4 Å². The van der Waals surface area contributed by atoms with Gasteiger partial charge in [-0.15, -0.1) is 0 Å². The third-order valence-electron chi connectivity index (χ3n) is 4.84. The van der Waals surface area contributed by atoms with E-state index in [1.165, 1.54) is 18.1 Å². The Morgan fingerprint density at radius 3 is 2.59 bits per heavy atom. The van der Waals surface area contributed by atoms with Gasteiger partial charge in [0.1, 0.15) is 0 Å². The molecule has 0 atom stereocenters. The molecule has 3 rings (SSSR count). The lowest BCUT2D eigenvalue weighted by atomic mass is 10.2. The van der Waals surface area contributed by atoms with Gasteiger partial charge in [0.2, 0.25) is 0 Å². The van der Waals surface area contributed by atoms with Crippen molar-refractivity contribution in [3.05, 3.63) is 76.9 Å². The predicted molar refractivity (Wildman–Crippen MR) is 110 cm³/mol. The van der Waals surface area contributed by atoms with E-state index in [1.54, 1.807) is 19.2 Å². The molecule has 6 nitrogen and oxygen atoms in total. The Labute approximate surface area is 169 Å². The van der Waals surface area contributed by atoms with Gasteiger partial charge in [0.05, 0.1) is 18.5 Å². The van der Waals surface area contributed by atoms with Crippen molar-refractivity contribution in [1.82, 2.24) is 20.0 Å². The highest BCUT2D eigenvalue weighted by Crippen LogP contribution is 2.19. The van der Waals surface area contributed by atoms with Gasteiger partial charge in [0.25, 0.3) is 0 Å². The summed E-state index contributed by atoms with van der Waals surface area (Å²) < 4.78 is 20.6. The van der Waals surface area contributed by atoms with Crippen LogP contribution >= 0.6 is 0 Å². The monoisotopic (exact) mass is 396 g/mol. The summed E-state index contributed by atoms with van der Waals surface area (Å²) >= 11 is 0. The molecule has 0 unspecified atom stereocenters. The second-order valence-electron chi connectivity index (χ2n) is 6.88. The Balaban J connectivity index is 1.64. The van der Waals surface area contributed by atoms with E-state index in [2.05, 4.69) is 10.4 Å². The van der Waals surface area contributed by atoms with Gasteiger partial charge in [-0.05, 0) is 43.7 Å². The van der Waals surface area contributed by atoms with Crippen molar-refractivity contribution in [1.29, 1.82) is 0 Å². The molecule has 0 aliphatic heterocycles. The second kappa shape index (κ2) is 8.77. The van der Waals surface area contributed by atoms with Gasteiger partial charge < -0.3 is 15.0 Å². The number of para-hydroxylation sites is 1. The van der Waals surface area contributed by atoms with E-state index >= 15 is 0 Å². The summed E-state index contributed by atoms with van der Waals surface area (Å²) in [5.41, 5.74) is 4.49. The van der Waals surface area contributed by atoms with Crippen LogP contribution in [0.1, 0.15) is 22.5 Å². The smallest absolute Gasteiger partial charge is 0.317 e. The molecule has 1 heterocycles. The van der Waals surface area contributed by atoms with Gasteiger partial charge >= 0.3 is 6.03 Å². The quantitative estimate of drug-likeness (QED) is 0.686. The van der Waals surface area contributed by atoms with Crippen molar-refractivity contribution in [2.24, 2.45) is 0 Å². The average molecular weight is 396 g/mol. The van der Waals surface area contributed by atoms with E-state index in [9.17, 15) is 9.18 Å². The van der Waals surface area contributed by atoms with Crippen LogP contribution in [0.5, 0.6) is 5.75 Å². The third kappa shape index (κ3) is 4.56. The summed E-state index contributed by atoms with van der Waals surface area (Å²) in [6.45, 7) is 4.56. The maximum Gasteiger partial charge on any atom is 0.317 e. The van der Waals surface area contributed by atoms with Crippen LogP contribution in [0.4, 0.5) is 9.18 Å². The van der Waals surface area contributed by atoms with Crippen molar-refractivity contribution in [3.63, 3.8) is 0 Å². The minimum Gasteiger partial charge on any atom is -0.494 e. The van der Waals surface area contributed by atoms with Crippen molar-refractivity contribution in [2.45, 2.75) is 26.9 Å². The molecule has 1 aromatic heterocycles. The minimum atomic E-state index is -0.446. The Morgan fingerprint density at radius 2 is 1.93 bits per heavy atom. The molecule has 0 aliphatic rings. The Morgan fingerprint density at radius 1 is 1.21 bits per heavy atom. The van der Waals surface area contributed by atoms with Crippen LogP contribution in [0.25, 0.3) is 5.69 Å². The molecule has 0 saturated carbocycles. The standard InChI is InChI=1S/C22H25FN4O2/c1-15-19(16(2)27(25-15)18-8-6-5-7-9-18)13-24-22(28)26(3)14-17-10-11-21(29-4)20(23)12-17/h5-12H,13-14H2,1-4H3,(H,24,28). The maximum atomic E-state index is 13.8. The molecular formula is C22H25FN4O2. The molecule has 0 spiro atoms. The van der Waals surface area contributed by atoms with Crippen molar-refractivity contribution in [3.8, 4) is 11.4 Å². The van der Waals surface area contributed by atoms with Crippen LogP contribution in [0.15, 0.2) is 48.5 Å². The first-order valence-electron chi connectivity index (χ1n) is 9.32. The zero-order valence-corrected chi connectivity index (χ0v) is 17.1. The number of rotatable bonds is 6. The summed E-state index contributed by atoms with van der Waals surface area (Å²) in [6.07, 6.45) is 0. The van der Waals surface area contributed by atoms with Crippen LogP contribution in [-0.2, 0) is 13.1 Å². The van der Waals surface area contributed by atoms with Gasteiger partial charge in [-0.3, -0.25) is 0 Å². The average Bonchev–Trinajstić information content (AvgIpc) is 3.00. The number of carbonyl (C=O) groups is 1. The molecule has 0 fully saturated rings. The molecule has 0 radical (unpaired) electrons. The summed E-state index contributed by atoms with van der Waals surface area (Å²) in [7, 11) is 3.09. The first-order chi connectivity index (χ1) is 13.9. The van der Waals surface area contributed by atoms with E-state index < -0.39 is 5.82 Å². The van der Waals surface area contributed by atoms with E-state index in [0.717, 1.165) is 22.6 Å². The number of aromatic nitrogens is 2. The van der Waals surface area contributed by atoms with E-state index in [-0.39, 0.29) is 18.3 Å². The van der Waals surface area contributed by atoms with E-state index in [1.807, 2.05) is 48.9 Å². The number of nitrogens with zero attached hydrogens (tertiary/aromatic N) is 3. The summed E-state index contributed by atoms with van der Waals surface area (Å²) in [5.74, 6) is -0.263. The zero-order valence-electron chi connectivity index (χ0n) is 17.1. The lowest BCUT2D eigenvalue weighted by Gasteiger charge is -2.18. The number of halogens is 1. The number of aryl methyl sites for hydroxylation is 1. The number of benzene rings is 2. The number of amides is 2. The number of ether oxygens (including phenoxy) is 1. The molecule has 152 valence electrons. The molecule has 3 aromatic rings. The summed E-state index contributed by atoms with van der Waals surface area (Å²) in [6, 6.07) is 14.3. The lowest BCUT2D eigenvalue weighted by molar-refractivity contribution is 0.206. The minimum absolute atomic E-state index is 0.183. The molecule has 2 aromatic carbocycles. The maximum absolute atomic E-state index is 13.8. The number of carbonyl (C=O) groups excluding carboxylic acids is 1. The first kappa shape index (κ1) is 20.4. The first-order valence-corrected chi connectivity index (χ1v) is 9.32. The van der Waals surface area contributed by atoms with E-state index in [0.29, 0.717) is 12.1 Å². The summed E-state index contributed by atoms with van der Waals surface area (Å²) in [5, 5.41) is 7.51. The molecule has 0 bridgehead atoms. The second-order valence-corrected chi connectivity index (χ2v) is 6.88. The highest BCUT2D eigenvalue weighted by atomic mass is 19.1.